The van der Waals surface area contributed by atoms with Crippen LogP contribution in [0, 0.1) is 0 Å². The van der Waals surface area contributed by atoms with E-state index in [1.54, 1.807) is 0 Å². The first-order valence-electron chi connectivity index (χ1n) is 23.8. The molecule has 6 nitrogen and oxygen atoms in total. The molecule has 11 aromatic rings. The molecule has 0 saturated heterocycles. The molecule has 4 aliphatic rings. The second-order valence-corrected chi connectivity index (χ2v) is 18.3. The van der Waals surface area contributed by atoms with Gasteiger partial charge in [-0.3, -0.25) is 0 Å². The fourth-order valence-electron chi connectivity index (χ4n) is 11.4. The van der Waals surface area contributed by atoms with Gasteiger partial charge in [0.1, 0.15) is 46.0 Å². The van der Waals surface area contributed by atoms with E-state index in [1.807, 2.05) is 0 Å². The van der Waals surface area contributed by atoms with Crippen molar-refractivity contribution in [1.29, 1.82) is 0 Å². The summed E-state index contributed by atoms with van der Waals surface area (Å²) >= 11 is 0. The van der Waals surface area contributed by atoms with Gasteiger partial charge in [-0.15, -0.1) is 0 Å². The molecule has 0 spiro atoms. The van der Waals surface area contributed by atoms with E-state index in [0.717, 1.165) is 134 Å². The van der Waals surface area contributed by atoms with E-state index in [0.29, 0.717) is 0 Å². The number of ether oxygens (including phenoxy) is 4. The van der Waals surface area contributed by atoms with Crippen molar-refractivity contribution in [3.8, 4) is 46.0 Å². The highest BCUT2D eigenvalue weighted by molar-refractivity contribution is 7.01. The predicted molar refractivity (Wildman–Crippen MR) is 286 cm³/mol. The van der Waals surface area contributed by atoms with Crippen LogP contribution in [-0.2, 0) is 0 Å². The van der Waals surface area contributed by atoms with E-state index in [1.165, 1.54) is 0 Å². The van der Waals surface area contributed by atoms with Crippen LogP contribution < -0.4 is 61.5 Å². The highest BCUT2D eigenvalue weighted by Gasteiger charge is 2.46. The van der Waals surface area contributed by atoms with Crippen LogP contribution in [0.2, 0.25) is 0 Å². The van der Waals surface area contributed by atoms with Gasteiger partial charge in [-0.2, -0.15) is 0 Å². The third-order valence-corrected chi connectivity index (χ3v) is 14.4. The van der Waals surface area contributed by atoms with Crippen LogP contribution in [0.5, 0.6) is 46.0 Å². The maximum absolute atomic E-state index is 7.14. The van der Waals surface area contributed by atoms with Gasteiger partial charge in [0.25, 0.3) is 13.4 Å². The van der Waals surface area contributed by atoms with E-state index in [-0.39, 0.29) is 13.4 Å². The third kappa shape index (κ3) is 5.90. The molecular formula is C62H38B2N2O4. The number of benzene rings is 11. The van der Waals surface area contributed by atoms with E-state index < -0.39 is 0 Å². The average molecular weight is 897 g/mol. The third-order valence-electron chi connectivity index (χ3n) is 14.4. The number of para-hydroxylation sites is 6. The van der Waals surface area contributed by atoms with Crippen molar-refractivity contribution in [1.82, 2.24) is 0 Å². The lowest BCUT2D eigenvalue weighted by molar-refractivity contribution is 0.454. The molecule has 0 unspecified atom stereocenters. The monoisotopic (exact) mass is 896 g/mol. The minimum atomic E-state index is -0.152. The van der Waals surface area contributed by atoms with Crippen LogP contribution in [0.25, 0.3) is 21.5 Å². The quantitative estimate of drug-likeness (QED) is 0.155. The first kappa shape index (κ1) is 38.9. The first-order chi connectivity index (χ1) is 34.7. The lowest BCUT2D eigenvalue weighted by Crippen LogP contribution is -2.61. The number of fused-ring (bicyclic) bond motifs is 12. The lowest BCUT2D eigenvalue weighted by atomic mass is 9.31. The van der Waals surface area contributed by atoms with Gasteiger partial charge in [0, 0.05) is 61.9 Å². The summed E-state index contributed by atoms with van der Waals surface area (Å²) in [6, 6.07) is 80.9. The maximum Gasteiger partial charge on any atom is 0.260 e. The standard InChI is InChI=1S/C62H38B2N2O4/c1-5-17-41(18-6-1)65(42-19-7-2-8-20-42)45-29-31-47-39(33-45)35-57-59-61(47)69-53-27-15-13-25-49(53)63(59)51-37-52-56(38-55(51)67-57)68-58-36-40-34-46(66(43-21-9-3-10-22-43)44-23-11-4-12-24-44)30-32-48(40)62-60(58)64(52)50-26-14-16-28-54(50)70-62/h1-38H. The fourth-order valence-corrected chi connectivity index (χ4v) is 11.4. The fraction of sp³-hybridized carbons (Fsp3) is 0. The zero-order chi connectivity index (χ0) is 45.9. The Bertz CT molecular complexity index is 3600. The van der Waals surface area contributed by atoms with Gasteiger partial charge >= 0.3 is 0 Å². The van der Waals surface area contributed by atoms with Gasteiger partial charge in [-0.25, -0.2) is 0 Å². The topological polar surface area (TPSA) is 43.4 Å². The summed E-state index contributed by atoms with van der Waals surface area (Å²) in [5.74, 6) is 6.39. The minimum Gasteiger partial charge on any atom is -0.458 e. The number of nitrogens with zero attached hydrogens (tertiary/aromatic N) is 2. The summed E-state index contributed by atoms with van der Waals surface area (Å²) in [5, 5.41) is 4.09. The van der Waals surface area contributed by atoms with Gasteiger partial charge < -0.3 is 28.7 Å². The molecule has 0 radical (unpaired) electrons. The molecule has 0 fully saturated rings. The minimum absolute atomic E-state index is 0.152. The summed E-state index contributed by atoms with van der Waals surface area (Å²) in [6.45, 7) is -0.303. The number of rotatable bonds is 6. The van der Waals surface area contributed by atoms with Crippen LogP contribution >= 0.6 is 0 Å². The van der Waals surface area contributed by atoms with Gasteiger partial charge in [-0.1, -0.05) is 115 Å². The lowest BCUT2D eigenvalue weighted by Gasteiger charge is -2.37. The number of hydrogen-bond acceptors (Lipinski definition) is 6. The van der Waals surface area contributed by atoms with E-state index in [9.17, 15) is 0 Å². The van der Waals surface area contributed by atoms with Crippen LogP contribution in [-0.4, -0.2) is 13.4 Å². The molecule has 8 heteroatoms. The summed E-state index contributed by atoms with van der Waals surface area (Å²) < 4.78 is 28.2. The van der Waals surface area contributed by atoms with Crippen molar-refractivity contribution in [2.45, 2.75) is 0 Å². The van der Waals surface area contributed by atoms with Gasteiger partial charge in [0.2, 0.25) is 0 Å². The Morgan fingerprint density at radius 2 is 0.629 bits per heavy atom. The molecule has 0 saturated carbocycles. The Labute approximate surface area is 405 Å². The second-order valence-electron chi connectivity index (χ2n) is 18.3. The summed E-state index contributed by atoms with van der Waals surface area (Å²) in [4.78, 5) is 4.57. The molecule has 0 N–H and O–H groups in total. The Hall–Kier alpha value is -9.13. The number of anilines is 6. The van der Waals surface area contributed by atoms with Crippen molar-refractivity contribution in [3.05, 3.63) is 231 Å². The van der Waals surface area contributed by atoms with Crippen LogP contribution in [0.1, 0.15) is 0 Å². The molecule has 0 aromatic heterocycles. The Morgan fingerprint density at radius 3 is 1.03 bits per heavy atom. The van der Waals surface area contributed by atoms with Crippen molar-refractivity contribution < 1.29 is 18.9 Å². The smallest absolute Gasteiger partial charge is 0.260 e. The summed E-state index contributed by atoms with van der Waals surface area (Å²) in [5.41, 5.74) is 12.8. The molecular weight excluding hydrogens is 858 g/mol. The second kappa shape index (κ2) is 15.2. The Balaban J connectivity index is 0.899. The van der Waals surface area contributed by atoms with Crippen LogP contribution in [0.3, 0.4) is 0 Å². The molecule has 15 rings (SSSR count). The first-order valence-corrected chi connectivity index (χ1v) is 23.8. The normalized spacial score (nSPS) is 13.0. The van der Waals surface area contributed by atoms with Crippen LogP contribution in [0.15, 0.2) is 231 Å². The van der Waals surface area contributed by atoms with E-state index >= 15 is 0 Å². The van der Waals surface area contributed by atoms with Crippen LogP contribution in [0.4, 0.5) is 34.1 Å². The Kier molecular flexibility index (Phi) is 8.45. The molecule has 0 amide bonds. The van der Waals surface area contributed by atoms with Gasteiger partial charge in [-0.05, 0) is 142 Å². The van der Waals surface area contributed by atoms with Gasteiger partial charge in [0.05, 0.1) is 0 Å². The number of hydrogen-bond donors (Lipinski definition) is 0. The molecule has 0 bridgehead atoms. The van der Waals surface area contributed by atoms with E-state index in [4.69, 9.17) is 18.9 Å². The molecule has 0 atom stereocenters. The SMILES string of the molecule is c1ccc(N(c2ccccc2)c2ccc3c4c5c(cc3c2)Oc2cc3c(cc2B5c2ccccc2O4)B2c4ccccc4Oc4c2c(cc2cc(N(c5ccccc5)c5ccccc5)ccc42)O3)cc1. The molecule has 11 aromatic carbocycles. The molecule has 0 aliphatic carbocycles. The zero-order valence-corrected chi connectivity index (χ0v) is 37.6. The van der Waals surface area contributed by atoms with Crippen molar-refractivity contribution in [2.24, 2.45) is 0 Å². The highest BCUT2D eigenvalue weighted by atomic mass is 16.5. The predicted octanol–water partition coefficient (Wildman–Crippen LogP) is 12.4. The molecule has 4 aliphatic heterocycles. The molecule has 326 valence electrons. The van der Waals surface area contributed by atoms with Crippen molar-refractivity contribution in [3.63, 3.8) is 0 Å². The Morgan fingerprint density at radius 1 is 0.257 bits per heavy atom. The summed E-state index contributed by atoms with van der Waals surface area (Å²) in [6.07, 6.45) is 0. The molecule has 4 heterocycles. The average Bonchev–Trinajstić information content (AvgIpc) is 3.41. The maximum atomic E-state index is 7.14. The largest absolute Gasteiger partial charge is 0.458 e. The summed E-state index contributed by atoms with van der Waals surface area (Å²) in [7, 11) is 0. The van der Waals surface area contributed by atoms with Gasteiger partial charge in [0.15, 0.2) is 0 Å². The molecule has 70 heavy (non-hydrogen) atoms. The zero-order valence-electron chi connectivity index (χ0n) is 37.6. The van der Waals surface area contributed by atoms with Crippen molar-refractivity contribution in [2.75, 3.05) is 9.80 Å². The highest BCUT2D eigenvalue weighted by Crippen LogP contribution is 2.46. The van der Waals surface area contributed by atoms with Crippen molar-refractivity contribution >= 4 is 102 Å². The van der Waals surface area contributed by atoms with E-state index in [2.05, 4.69) is 240 Å².